The molecule has 0 bridgehead atoms. The van der Waals surface area contributed by atoms with Gasteiger partial charge in [0.05, 0.1) is 30.7 Å². The lowest BCUT2D eigenvalue weighted by atomic mass is 9.95. The summed E-state index contributed by atoms with van der Waals surface area (Å²) in [5, 5.41) is 11.3. The molecule has 3 aromatic rings. The molecular formula is C29H33N3O5. The molecule has 1 atom stereocenters. The number of aryl methyl sites for hydroxylation is 1. The summed E-state index contributed by atoms with van der Waals surface area (Å²) in [7, 11) is 0. The van der Waals surface area contributed by atoms with Gasteiger partial charge in [-0.05, 0) is 68.7 Å². The summed E-state index contributed by atoms with van der Waals surface area (Å²) >= 11 is 0. The molecule has 4 rings (SSSR count). The Morgan fingerprint density at radius 3 is 2.35 bits per heavy atom. The number of aliphatic hydroxyl groups is 1. The average Bonchev–Trinajstić information content (AvgIpc) is 3.50. The Morgan fingerprint density at radius 2 is 1.73 bits per heavy atom. The molecule has 37 heavy (non-hydrogen) atoms. The zero-order valence-electron chi connectivity index (χ0n) is 21.5. The molecule has 1 saturated heterocycles. The summed E-state index contributed by atoms with van der Waals surface area (Å²) < 4.78 is 13.3. The van der Waals surface area contributed by atoms with Crippen LogP contribution >= 0.6 is 0 Å². The third-order valence-corrected chi connectivity index (χ3v) is 6.08. The van der Waals surface area contributed by atoms with Gasteiger partial charge in [0, 0.05) is 31.0 Å². The van der Waals surface area contributed by atoms with Crippen molar-refractivity contribution in [3.8, 4) is 11.5 Å². The summed E-state index contributed by atoms with van der Waals surface area (Å²) in [6.07, 6.45) is 6.79. The second kappa shape index (κ2) is 11.8. The van der Waals surface area contributed by atoms with Gasteiger partial charge in [-0.3, -0.25) is 9.59 Å². The normalized spacial score (nSPS) is 17.0. The van der Waals surface area contributed by atoms with Gasteiger partial charge >= 0.3 is 0 Å². The van der Waals surface area contributed by atoms with Crippen molar-refractivity contribution < 1.29 is 24.2 Å². The molecule has 1 fully saturated rings. The predicted octanol–water partition coefficient (Wildman–Crippen LogP) is 4.97. The highest BCUT2D eigenvalue weighted by atomic mass is 16.5. The maximum Gasteiger partial charge on any atom is 0.295 e. The lowest BCUT2D eigenvalue weighted by Gasteiger charge is -2.25. The van der Waals surface area contributed by atoms with Crippen molar-refractivity contribution in [2.45, 2.75) is 52.3 Å². The monoisotopic (exact) mass is 503 g/mol. The van der Waals surface area contributed by atoms with Gasteiger partial charge in [0.15, 0.2) is 0 Å². The predicted molar refractivity (Wildman–Crippen MR) is 140 cm³/mol. The third kappa shape index (κ3) is 6.02. The fourth-order valence-electron chi connectivity index (χ4n) is 4.39. The first kappa shape index (κ1) is 26.0. The van der Waals surface area contributed by atoms with Crippen molar-refractivity contribution in [2.75, 3.05) is 13.2 Å². The van der Waals surface area contributed by atoms with E-state index in [1.54, 1.807) is 41.7 Å². The van der Waals surface area contributed by atoms with Crippen LogP contribution in [0.25, 0.3) is 5.76 Å². The van der Waals surface area contributed by atoms with Crippen LogP contribution in [-0.4, -0.2) is 50.5 Å². The van der Waals surface area contributed by atoms with E-state index < -0.39 is 17.7 Å². The van der Waals surface area contributed by atoms with E-state index in [0.717, 1.165) is 12.0 Å². The fourth-order valence-corrected chi connectivity index (χ4v) is 4.39. The van der Waals surface area contributed by atoms with Crippen molar-refractivity contribution >= 4 is 17.4 Å². The Labute approximate surface area is 217 Å². The molecule has 1 aliphatic rings. The standard InChI is InChI=1S/C29H33N3O5/c1-4-18-36-23-10-6-21(7-11-23)26-25(27(33)22-8-12-24(13-9-22)37-20(2)3)28(34)29(35)32(26)16-5-15-31-17-14-30-19-31/h6-14,17,19-20,26,33H,4-5,15-16,18H2,1-3H3/b27-25-. The number of likely N-dealkylation sites (tertiary alicyclic amines) is 1. The van der Waals surface area contributed by atoms with Crippen LogP contribution in [0.3, 0.4) is 0 Å². The highest BCUT2D eigenvalue weighted by molar-refractivity contribution is 6.46. The third-order valence-electron chi connectivity index (χ3n) is 6.08. The molecule has 1 aromatic heterocycles. The fraction of sp³-hybridized carbons (Fsp3) is 0.345. The van der Waals surface area contributed by atoms with Crippen LogP contribution in [0.2, 0.25) is 0 Å². The summed E-state index contributed by atoms with van der Waals surface area (Å²) in [5.41, 5.74) is 1.25. The van der Waals surface area contributed by atoms with Crippen molar-refractivity contribution in [1.29, 1.82) is 0 Å². The lowest BCUT2D eigenvalue weighted by Crippen LogP contribution is -2.31. The molecule has 2 heterocycles. The van der Waals surface area contributed by atoms with Crippen LogP contribution in [0, 0.1) is 0 Å². The number of ketones is 1. The SMILES string of the molecule is CCCOc1ccc(C2/C(=C(/O)c3ccc(OC(C)C)cc3)C(=O)C(=O)N2CCCn2ccnc2)cc1. The highest BCUT2D eigenvalue weighted by Crippen LogP contribution is 2.40. The number of imidazole rings is 1. The van der Waals surface area contributed by atoms with Crippen molar-refractivity contribution in [1.82, 2.24) is 14.5 Å². The van der Waals surface area contributed by atoms with E-state index in [4.69, 9.17) is 9.47 Å². The minimum atomic E-state index is -0.713. The van der Waals surface area contributed by atoms with Gasteiger partial charge in [0.2, 0.25) is 0 Å². The van der Waals surface area contributed by atoms with Crippen LogP contribution in [0.5, 0.6) is 11.5 Å². The summed E-state index contributed by atoms with van der Waals surface area (Å²) in [6.45, 7) is 7.49. The highest BCUT2D eigenvalue weighted by Gasteiger charge is 2.45. The number of carbonyl (C=O) groups is 2. The molecule has 194 valence electrons. The summed E-state index contributed by atoms with van der Waals surface area (Å²) in [4.78, 5) is 32.0. The topological polar surface area (TPSA) is 93.9 Å². The van der Waals surface area contributed by atoms with E-state index in [-0.39, 0.29) is 17.4 Å². The van der Waals surface area contributed by atoms with Gasteiger partial charge in [0.1, 0.15) is 17.3 Å². The van der Waals surface area contributed by atoms with E-state index in [1.807, 2.05) is 55.8 Å². The number of rotatable bonds is 11. The van der Waals surface area contributed by atoms with E-state index in [2.05, 4.69) is 4.98 Å². The Kier molecular flexibility index (Phi) is 8.28. The number of aliphatic hydroxyl groups excluding tert-OH is 1. The molecule has 1 aliphatic heterocycles. The molecule has 2 aromatic carbocycles. The van der Waals surface area contributed by atoms with Crippen LogP contribution < -0.4 is 9.47 Å². The number of aromatic nitrogens is 2. The number of hydrogen-bond acceptors (Lipinski definition) is 6. The van der Waals surface area contributed by atoms with Crippen LogP contribution in [0.15, 0.2) is 72.8 Å². The smallest absolute Gasteiger partial charge is 0.295 e. The van der Waals surface area contributed by atoms with E-state index in [1.165, 1.54) is 0 Å². The van der Waals surface area contributed by atoms with E-state index >= 15 is 0 Å². The molecule has 1 unspecified atom stereocenters. The average molecular weight is 504 g/mol. The minimum Gasteiger partial charge on any atom is -0.507 e. The second-order valence-corrected chi connectivity index (χ2v) is 9.26. The first-order chi connectivity index (χ1) is 17.9. The molecule has 1 amide bonds. The van der Waals surface area contributed by atoms with Gasteiger partial charge in [-0.15, -0.1) is 0 Å². The first-order valence-electron chi connectivity index (χ1n) is 12.6. The zero-order valence-corrected chi connectivity index (χ0v) is 21.5. The quantitative estimate of drug-likeness (QED) is 0.226. The largest absolute Gasteiger partial charge is 0.507 e. The van der Waals surface area contributed by atoms with Gasteiger partial charge in [0.25, 0.3) is 11.7 Å². The number of ether oxygens (including phenoxy) is 2. The minimum absolute atomic E-state index is 0.0105. The van der Waals surface area contributed by atoms with Crippen LogP contribution in [-0.2, 0) is 16.1 Å². The summed E-state index contributed by atoms with van der Waals surface area (Å²) in [6, 6.07) is 13.5. The maximum atomic E-state index is 13.3. The molecule has 1 N–H and O–H groups in total. The van der Waals surface area contributed by atoms with Crippen molar-refractivity contribution in [3.63, 3.8) is 0 Å². The molecule has 0 radical (unpaired) electrons. The first-order valence-corrected chi connectivity index (χ1v) is 12.6. The Balaban J connectivity index is 1.68. The Hall–Kier alpha value is -4.07. The van der Waals surface area contributed by atoms with Gasteiger partial charge < -0.3 is 24.0 Å². The zero-order chi connectivity index (χ0) is 26.4. The van der Waals surface area contributed by atoms with E-state index in [0.29, 0.717) is 43.2 Å². The van der Waals surface area contributed by atoms with Gasteiger partial charge in [-0.1, -0.05) is 19.1 Å². The number of amides is 1. The number of nitrogens with zero attached hydrogens (tertiary/aromatic N) is 3. The van der Waals surface area contributed by atoms with Crippen molar-refractivity contribution in [3.05, 3.63) is 84.0 Å². The molecule has 8 heteroatoms. The molecule has 8 nitrogen and oxygen atoms in total. The number of carbonyl (C=O) groups excluding carboxylic acids is 2. The number of hydrogen-bond donors (Lipinski definition) is 1. The molecule has 0 spiro atoms. The van der Waals surface area contributed by atoms with Crippen LogP contribution in [0.4, 0.5) is 0 Å². The van der Waals surface area contributed by atoms with Gasteiger partial charge in [-0.25, -0.2) is 4.98 Å². The molecule has 0 aliphatic carbocycles. The number of benzene rings is 2. The van der Waals surface area contributed by atoms with Gasteiger partial charge in [-0.2, -0.15) is 0 Å². The molecular weight excluding hydrogens is 470 g/mol. The Bertz CT molecular complexity index is 1230. The van der Waals surface area contributed by atoms with Crippen molar-refractivity contribution in [2.24, 2.45) is 0 Å². The van der Waals surface area contributed by atoms with Crippen LogP contribution in [0.1, 0.15) is 50.8 Å². The number of Topliss-reactive ketones (excluding diaryl/α,β-unsaturated/α-hetero) is 1. The Morgan fingerprint density at radius 1 is 1.03 bits per heavy atom. The van der Waals surface area contributed by atoms with E-state index in [9.17, 15) is 14.7 Å². The summed E-state index contributed by atoms with van der Waals surface area (Å²) in [5.74, 6) is -0.154. The molecule has 0 saturated carbocycles. The maximum absolute atomic E-state index is 13.3. The lowest BCUT2D eigenvalue weighted by molar-refractivity contribution is -0.139. The second-order valence-electron chi connectivity index (χ2n) is 9.26.